The van der Waals surface area contributed by atoms with Gasteiger partial charge in [-0.15, -0.1) is 0 Å². The van der Waals surface area contributed by atoms with Crippen molar-refractivity contribution in [2.24, 2.45) is 5.41 Å². The highest BCUT2D eigenvalue weighted by Crippen LogP contribution is 2.32. The Morgan fingerprint density at radius 1 is 1.00 bits per heavy atom. The first-order chi connectivity index (χ1) is 8.11. The van der Waals surface area contributed by atoms with Gasteiger partial charge >= 0.3 is 0 Å². The van der Waals surface area contributed by atoms with Crippen molar-refractivity contribution < 1.29 is 0 Å². The van der Waals surface area contributed by atoms with Gasteiger partial charge in [-0.2, -0.15) is 0 Å². The van der Waals surface area contributed by atoms with Gasteiger partial charge in [0.05, 0.1) is 0 Å². The zero-order chi connectivity index (χ0) is 12.3. The van der Waals surface area contributed by atoms with Crippen LogP contribution in [0.4, 0.5) is 0 Å². The maximum Gasteiger partial charge on any atom is 0.00964 e. The Bertz CT molecular complexity index is 229. The molecule has 2 fully saturated rings. The average Bonchev–Trinajstić information content (AvgIpc) is 2.50. The quantitative estimate of drug-likeness (QED) is 0.795. The first-order valence-electron chi connectivity index (χ1n) is 7.52. The third kappa shape index (κ3) is 3.69. The predicted octanol–water partition coefficient (Wildman–Crippen LogP) is 3.03. The maximum atomic E-state index is 3.43. The van der Waals surface area contributed by atoms with Crippen LogP contribution in [0, 0.1) is 5.41 Å². The van der Waals surface area contributed by atoms with Crippen molar-refractivity contribution >= 4 is 0 Å². The SMILES string of the molecule is CNC1CCC(N2CCCC(C)(C)CC2)CC1. The smallest absolute Gasteiger partial charge is 0.00964 e. The van der Waals surface area contributed by atoms with Crippen LogP contribution in [-0.2, 0) is 0 Å². The lowest BCUT2D eigenvalue weighted by atomic mass is 9.85. The summed E-state index contributed by atoms with van der Waals surface area (Å²) in [6.07, 6.45) is 9.77. The summed E-state index contributed by atoms with van der Waals surface area (Å²) in [5.74, 6) is 0. The molecule has 0 unspecified atom stereocenters. The van der Waals surface area contributed by atoms with Gasteiger partial charge in [0, 0.05) is 12.1 Å². The number of nitrogens with zero attached hydrogens (tertiary/aromatic N) is 1. The second-order valence-corrected chi connectivity index (χ2v) is 6.85. The van der Waals surface area contributed by atoms with Gasteiger partial charge in [0.25, 0.3) is 0 Å². The molecule has 1 saturated heterocycles. The Morgan fingerprint density at radius 2 is 1.71 bits per heavy atom. The summed E-state index contributed by atoms with van der Waals surface area (Å²) in [6, 6.07) is 1.67. The molecular formula is C15H30N2. The molecule has 0 aromatic rings. The highest BCUT2D eigenvalue weighted by molar-refractivity contribution is 4.85. The summed E-state index contributed by atoms with van der Waals surface area (Å²) in [4.78, 5) is 2.79. The fourth-order valence-electron chi connectivity index (χ4n) is 3.54. The van der Waals surface area contributed by atoms with Crippen molar-refractivity contribution in [1.82, 2.24) is 10.2 Å². The topological polar surface area (TPSA) is 15.3 Å². The standard InChI is InChI=1S/C15H30N2/c1-15(2)9-4-11-17(12-10-15)14-7-5-13(16-3)6-8-14/h13-14,16H,4-12H2,1-3H3. The van der Waals surface area contributed by atoms with Crippen LogP contribution in [0.3, 0.4) is 0 Å². The molecule has 1 saturated carbocycles. The Hall–Kier alpha value is -0.0800. The summed E-state index contributed by atoms with van der Waals surface area (Å²) >= 11 is 0. The Morgan fingerprint density at radius 3 is 2.35 bits per heavy atom. The molecule has 0 spiro atoms. The molecule has 1 N–H and O–H groups in total. The van der Waals surface area contributed by atoms with Crippen LogP contribution in [0.5, 0.6) is 0 Å². The van der Waals surface area contributed by atoms with E-state index in [0.717, 1.165) is 12.1 Å². The molecule has 100 valence electrons. The first-order valence-corrected chi connectivity index (χ1v) is 7.52. The normalized spacial score (nSPS) is 35.5. The molecule has 2 nitrogen and oxygen atoms in total. The van der Waals surface area contributed by atoms with Gasteiger partial charge in [-0.05, 0) is 70.5 Å². The molecule has 0 atom stereocenters. The van der Waals surface area contributed by atoms with Crippen LogP contribution < -0.4 is 5.32 Å². The molecule has 0 bridgehead atoms. The number of likely N-dealkylation sites (tertiary alicyclic amines) is 1. The highest BCUT2D eigenvalue weighted by Gasteiger charge is 2.29. The van der Waals surface area contributed by atoms with Gasteiger partial charge in [0.2, 0.25) is 0 Å². The first kappa shape index (κ1) is 13.4. The lowest BCUT2D eigenvalue weighted by Crippen LogP contribution is -2.42. The largest absolute Gasteiger partial charge is 0.317 e. The summed E-state index contributed by atoms with van der Waals surface area (Å²) in [7, 11) is 2.11. The molecule has 17 heavy (non-hydrogen) atoms. The molecule has 0 aromatic heterocycles. The third-order valence-corrected chi connectivity index (χ3v) is 5.00. The zero-order valence-corrected chi connectivity index (χ0v) is 12.0. The third-order valence-electron chi connectivity index (χ3n) is 5.00. The average molecular weight is 238 g/mol. The fourth-order valence-corrected chi connectivity index (χ4v) is 3.54. The van der Waals surface area contributed by atoms with Crippen LogP contribution in [-0.4, -0.2) is 37.1 Å². The van der Waals surface area contributed by atoms with Crippen molar-refractivity contribution in [3.8, 4) is 0 Å². The Balaban J connectivity index is 1.82. The molecule has 2 heteroatoms. The van der Waals surface area contributed by atoms with E-state index in [2.05, 4.69) is 31.1 Å². The lowest BCUT2D eigenvalue weighted by molar-refractivity contribution is 0.145. The van der Waals surface area contributed by atoms with E-state index in [1.54, 1.807) is 0 Å². The molecule has 2 rings (SSSR count). The Kier molecular flexibility index (Phi) is 4.48. The molecular weight excluding hydrogens is 208 g/mol. The molecule has 0 aromatic carbocycles. The minimum absolute atomic E-state index is 0.580. The minimum Gasteiger partial charge on any atom is -0.317 e. The maximum absolute atomic E-state index is 3.43. The van der Waals surface area contributed by atoms with E-state index in [0.29, 0.717) is 5.41 Å². The number of hydrogen-bond donors (Lipinski definition) is 1. The summed E-state index contributed by atoms with van der Waals surface area (Å²) < 4.78 is 0. The molecule has 2 aliphatic rings. The van der Waals surface area contributed by atoms with E-state index in [9.17, 15) is 0 Å². The van der Waals surface area contributed by atoms with Crippen molar-refractivity contribution in [3.63, 3.8) is 0 Å². The minimum atomic E-state index is 0.580. The Labute approximate surface area is 107 Å². The van der Waals surface area contributed by atoms with E-state index >= 15 is 0 Å². The zero-order valence-electron chi connectivity index (χ0n) is 12.0. The summed E-state index contributed by atoms with van der Waals surface area (Å²) in [5, 5.41) is 3.43. The van der Waals surface area contributed by atoms with Crippen molar-refractivity contribution in [3.05, 3.63) is 0 Å². The molecule has 1 aliphatic carbocycles. The van der Waals surface area contributed by atoms with Gasteiger partial charge in [-0.25, -0.2) is 0 Å². The fraction of sp³-hybridized carbons (Fsp3) is 1.00. The van der Waals surface area contributed by atoms with Crippen LogP contribution >= 0.6 is 0 Å². The van der Waals surface area contributed by atoms with Crippen molar-refractivity contribution in [2.45, 2.75) is 70.9 Å². The van der Waals surface area contributed by atoms with E-state index in [4.69, 9.17) is 0 Å². The van der Waals surface area contributed by atoms with Crippen LogP contribution in [0.1, 0.15) is 58.8 Å². The second-order valence-electron chi connectivity index (χ2n) is 6.85. The summed E-state index contributed by atoms with van der Waals surface area (Å²) in [5.41, 5.74) is 0.580. The lowest BCUT2D eigenvalue weighted by Gasteiger charge is -2.36. The van der Waals surface area contributed by atoms with Gasteiger partial charge in [-0.1, -0.05) is 13.8 Å². The molecule has 0 amide bonds. The van der Waals surface area contributed by atoms with Gasteiger partial charge in [0.15, 0.2) is 0 Å². The van der Waals surface area contributed by atoms with E-state index in [1.165, 1.54) is 58.0 Å². The van der Waals surface area contributed by atoms with Crippen LogP contribution in [0.15, 0.2) is 0 Å². The highest BCUT2D eigenvalue weighted by atomic mass is 15.2. The van der Waals surface area contributed by atoms with E-state index < -0.39 is 0 Å². The number of nitrogens with one attached hydrogen (secondary N) is 1. The van der Waals surface area contributed by atoms with Gasteiger partial charge < -0.3 is 10.2 Å². The molecule has 1 heterocycles. The predicted molar refractivity (Wildman–Crippen MR) is 74.3 cm³/mol. The number of rotatable bonds is 2. The van der Waals surface area contributed by atoms with Crippen LogP contribution in [0.25, 0.3) is 0 Å². The monoisotopic (exact) mass is 238 g/mol. The van der Waals surface area contributed by atoms with Crippen molar-refractivity contribution in [1.29, 1.82) is 0 Å². The van der Waals surface area contributed by atoms with Crippen molar-refractivity contribution in [2.75, 3.05) is 20.1 Å². The number of hydrogen-bond acceptors (Lipinski definition) is 2. The van der Waals surface area contributed by atoms with E-state index in [1.807, 2.05) is 0 Å². The van der Waals surface area contributed by atoms with Gasteiger partial charge in [0.1, 0.15) is 0 Å². The second kappa shape index (κ2) is 5.71. The van der Waals surface area contributed by atoms with Gasteiger partial charge in [-0.3, -0.25) is 0 Å². The summed E-state index contributed by atoms with van der Waals surface area (Å²) in [6.45, 7) is 7.56. The van der Waals surface area contributed by atoms with Crippen LogP contribution in [0.2, 0.25) is 0 Å². The molecule has 1 aliphatic heterocycles. The van der Waals surface area contributed by atoms with E-state index in [-0.39, 0.29) is 0 Å². The molecule has 0 radical (unpaired) electrons.